The molecule has 0 spiro atoms. The van der Waals surface area contributed by atoms with Gasteiger partial charge in [-0.15, -0.1) is 0 Å². The molecule has 0 heterocycles. The quantitative estimate of drug-likeness (QED) is 0.690. The molecule has 0 aromatic heterocycles. The topological polar surface area (TPSA) is 67.8 Å². The minimum absolute atomic E-state index is 0.00310. The first-order chi connectivity index (χ1) is 9.21. The highest BCUT2D eigenvalue weighted by molar-refractivity contribution is 5.75. The second kappa shape index (κ2) is 8.50. The van der Waals surface area contributed by atoms with Gasteiger partial charge >= 0.3 is 5.97 Å². The summed E-state index contributed by atoms with van der Waals surface area (Å²) in [6, 6.07) is 6.62. The number of benzene rings is 1. The number of hydrogen-bond acceptors (Lipinski definition) is 5. The van der Waals surface area contributed by atoms with Crippen LogP contribution in [-0.4, -0.2) is 37.4 Å². The molecule has 5 heteroatoms. The minimum Gasteiger partial charge on any atom is -0.491 e. The van der Waals surface area contributed by atoms with Crippen LogP contribution >= 0.6 is 0 Å². The first-order valence-corrected chi connectivity index (χ1v) is 6.35. The van der Waals surface area contributed by atoms with E-state index in [1.54, 1.807) is 24.3 Å². The largest absolute Gasteiger partial charge is 0.491 e. The number of methoxy groups -OCH3 is 1. The van der Waals surface area contributed by atoms with E-state index in [0.717, 1.165) is 18.5 Å². The molecule has 2 N–H and O–H groups in total. The fourth-order valence-electron chi connectivity index (χ4n) is 1.54. The van der Waals surface area contributed by atoms with Gasteiger partial charge in [-0.25, -0.2) is 0 Å². The Bertz CT molecular complexity index is 378. The Morgan fingerprint density at radius 3 is 2.58 bits per heavy atom. The maximum absolute atomic E-state index is 11.5. The second-order valence-corrected chi connectivity index (χ2v) is 4.14. The minimum atomic E-state index is -0.470. The van der Waals surface area contributed by atoms with Crippen molar-refractivity contribution in [1.29, 1.82) is 0 Å². The summed E-state index contributed by atoms with van der Waals surface area (Å²) in [6.07, 6.45) is 0.929. The van der Waals surface area contributed by atoms with Crippen LogP contribution in [0.2, 0.25) is 0 Å². The van der Waals surface area contributed by atoms with E-state index in [2.05, 4.69) is 5.32 Å². The van der Waals surface area contributed by atoms with Gasteiger partial charge in [0.15, 0.2) is 0 Å². The molecule has 1 unspecified atom stereocenters. The maximum Gasteiger partial charge on any atom is 0.326 e. The zero-order chi connectivity index (χ0) is 14.1. The van der Waals surface area contributed by atoms with Gasteiger partial charge in [-0.05, 0) is 30.7 Å². The highest BCUT2D eigenvalue weighted by Gasteiger charge is 2.18. The lowest BCUT2D eigenvalue weighted by Gasteiger charge is -2.16. The Labute approximate surface area is 113 Å². The summed E-state index contributed by atoms with van der Waals surface area (Å²) < 4.78 is 10.3. The highest BCUT2D eigenvalue weighted by Crippen LogP contribution is 2.12. The average Bonchev–Trinajstić information content (AvgIpc) is 2.47. The number of aliphatic hydroxyl groups is 1. The first-order valence-electron chi connectivity index (χ1n) is 6.35. The van der Waals surface area contributed by atoms with Crippen LogP contribution in [0.15, 0.2) is 24.3 Å². The number of carbonyl (C=O) groups is 1. The van der Waals surface area contributed by atoms with E-state index < -0.39 is 6.04 Å². The Morgan fingerprint density at radius 2 is 2.05 bits per heavy atom. The molecule has 0 saturated heterocycles. The summed E-state index contributed by atoms with van der Waals surface area (Å²) in [7, 11) is 1.36. The van der Waals surface area contributed by atoms with E-state index in [1.165, 1.54) is 7.11 Å². The zero-order valence-electron chi connectivity index (χ0n) is 11.4. The molecular formula is C14H21NO4. The van der Waals surface area contributed by atoms with Crippen molar-refractivity contribution in [2.75, 3.05) is 20.3 Å². The summed E-state index contributed by atoms with van der Waals surface area (Å²) in [4.78, 5) is 11.5. The summed E-state index contributed by atoms with van der Waals surface area (Å²) in [5.41, 5.74) is 0.820. The Balaban J connectivity index is 2.51. The molecule has 0 amide bonds. The van der Waals surface area contributed by atoms with Crippen molar-refractivity contribution in [2.45, 2.75) is 26.0 Å². The third kappa shape index (κ3) is 5.28. The average molecular weight is 267 g/mol. The summed E-state index contributed by atoms with van der Waals surface area (Å²) in [6.45, 7) is 2.97. The molecule has 19 heavy (non-hydrogen) atoms. The fourth-order valence-corrected chi connectivity index (χ4v) is 1.54. The van der Waals surface area contributed by atoms with Gasteiger partial charge in [0.2, 0.25) is 0 Å². The van der Waals surface area contributed by atoms with Crippen molar-refractivity contribution in [1.82, 2.24) is 5.32 Å². The number of ether oxygens (including phenoxy) is 2. The molecule has 1 rings (SSSR count). The van der Waals surface area contributed by atoms with Crippen LogP contribution in [0.25, 0.3) is 0 Å². The molecule has 0 saturated carbocycles. The maximum atomic E-state index is 11.5. The van der Waals surface area contributed by atoms with Crippen molar-refractivity contribution in [3.8, 4) is 5.75 Å². The van der Waals surface area contributed by atoms with E-state index in [0.29, 0.717) is 5.75 Å². The lowest BCUT2D eigenvalue weighted by atomic mass is 10.2. The third-order valence-corrected chi connectivity index (χ3v) is 2.65. The van der Waals surface area contributed by atoms with Crippen molar-refractivity contribution in [2.24, 2.45) is 0 Å². The van der Waals surface area contributed by atoms with Gasteiger partial charge in [0.05, 0.1) is 13.7 Å². The Morgan fingerprint density at radius 1 is 1.37 bits per heavy atom. The van der Waals surface area contributed by atoms with E-state index in [1.807, 2.05) is 6.92 Å². The van der Waals surface area contributed by atoms with E-state index in [9.17, 15) is 4.79 Å². The zero-order valence-corrected chi connectivity index (χ0v) is 11.4. The summed E-state index contributed by atoms with van der Waals surface area (Å²) in [5.74, 6) is 0.324. The first kappa shape index (κ1) is 15.5. The molecule has 0 fully saturated rings. The van der Waals surface area contributed by atoms with Crippen LogP contribution < -0.4 is 10.1 Å². The van der Waals surface area contributed by atoms with Crippen LogP contribution in [0.1, 0.15) is 18.9 Å². The van der Waals surface area contributed by atoms with Gasteiger partial charge in [0.25, 0.3) is 0 Å². The number of esters is 1. The monoisotopic (exact) mass is 267 g/mol. The molecule has 1 aromatic carbocycles. The van der Waals surface area contributed by atoms with Crippen LogP contribution in [0.3, 0.4) is 0 Å². The number of hydrogen-bond donors (Lipinski definition) is 2. The number of carbonyl (C=O) groups excluding carboxylic acids is 1. The standard InChI is InChI=1S/C14H21NO4/c1-3-8-15-13(14(17)18-2)10-19-12-6-4-11(9-16)5-7-12/h4-7,13,15-16H,3,8-10H2,1-2H3. The van der Waals surface area contributed by atoms with Crippen LogP contribution in [-0.2, 0) is 16.1 Å². The number of nitrogens with one attached hydrogen (secondary N) is 1. The van der Waals surface area contributed by atoms with Gasteiger partial charge in [-0.1, -0.05) is 19.1 Å². The molecule has 1 atom stereocenters. The second-order valence-electron chi connectivity index (χ2n) is 4.14. The van der Waals surface area contributed by atoms with Gasteiger partial charge in [-0.2, -0.15) is 0 Å². The molecule has 0 bridgehead atoms. The Hall–Kier alpha value is -1.59. The smallest absolute Gasteiger partial charge is 0.326 e. The molecule has 0 aliphatic heterocycles. The SMILES string of the molecule is CCCNC(COc1ccc(CO)cc1)C(=O)OC. The van der Waals surface area contributed by atoms with Crippen molar-refractivity contribution in [3.63, 3.8) is 0 Å². The van der Waals surface area contributed by atoms with Gasteiger partial charge in [0.1, 0.15) is 18.4 Å². The Kier molecular flexibility index (Phi) is 6.92. The molecule has 0 aliphatic carbocycles. The molecule has 5 nitrogen and oxygen atoms in total. The lowest BCUT2D eigenvalue weighted by molar-refractivity contribution is -0.143. The molecule has 1 aromatic rings. The van der Waals surface area contributed by atoms with E-state index in [4.69, 9.17) is 14.6 Å². The molecule has 0 aliphatic rings. The number of aliphatic hydroxyl groups excluding tert-OH is 1. The third-order valence-electron chi connectivity index (χ3n) is 2.65. The van der Waals surface area contributed by atoms with Crippen LogP contribution in [0, 0.1) is 0 Å². The van der Waals surface area contributed by atoms with E-state index >= 15 is 0 Å². The van der Waals surface area contributed by atoms with Crippen LogP contribution in [0.5, 0.6) is 5.75 Å². The van der Waals surface area contributed by atoms with Gasteiger partial charge < -0.3 is 19.9 Å². The van der Waals surface area contributed by atoms with Crippen molar-refractivity contribution >= 4 is 5.97 Å². The molecular weight excluding hydrogens is 246 g/mol. The molecule has 106 valence electrons. The van der Waals surface area contributed by atoms with Crippen molar-refractivity contribution < 1.29 is 19.4 Å². The van der Waals surface area contributed by atoms with Crippen molar-refractivity contribution in [3.05, 3.63) is 29.8 Å². The normalized spacial score (nSPS) is 11.9. The summed E-state index contributed by atoms with van der Waals surface area (Å²) in [5, 5.41) is 12.0. The predicted molar refractivity (Wildman–Crippen MR) is 72.0 cm³/mol. The van der Waals surface area contributed by atoms with Gasteiger partial charge in [0, 0.05) is 0 Å². The number of rotatable bonds is 8. The van der Waals surface area contributed by atoms with E-state index in [-0.39, 0.29) is 19.2 Å². The van der Waals surface area contributed by atoms with Gasteiger partial charge in [-0.3, -0.25) is 4.79 Å². The fraction of sp³-hybridized carbons (Fsp3) is 0.500. The van der Waals surface area contributed by atoms with Crippen LogP contribution in [0.4, 0.5) is 0 Å². The predicted octanol–water partition coefficient (Wildman–Crippen LogP) is 1.10. The summed E-state index contributed by atoms with van der Waals surface area (Å²) >= 11 is 0. The lowest BCUT2D eigenvalue weighted by Crippen LogP contribution is -2.42. The molecule has 0 radical (unpaired) electrons. The highest BCUT2D eigenvalue weighted by atomic mass is 16.5.